The van der Waals surface area contributed by atoms with Gasteiger partial charge in [-0.05, 0) is 37.5 Å². The molecule has 0 bridgehead atoms. The lowest BCUT2D eigenvalue weighted by molar-refractivity contribution is 0.414. The maximum atomic E-state index is 12.5. The van der Waals surface area contributed by atoms with Crippen LogP contribution in [0.3, 0.4) is 0 Å². The normalized spacial score (nSPS) is 21.0. The van der Waals surface area contributed by atoms with Gasteiger partial charge in [0.15, 0.2) is 0 Å². The molecule has 0 spiro atoms. The summed E-state index contributed by atoms with van der Waals surface area (Å²) in [6.45, 7) is 2.00. The quantitative estimate of drug-likeness (QED) is 0.903. The molecule has 0 heterocycles. The van der Waals surface area contributed by atoms with Crippen LogP contribution in [0.5, 0.6) is 5.75 Å². The van der Waals surface area contributed by atoms with Crippen LogP contribution in [0.2, 0.25) is 0 Å². The van der Waals surface area contributed by atoms with E-state index in [0.717, 1.165) is 24.2 Å². The Bertz CT molecular complexity index is 426. The predicted octanol–water partition coefficient (Wildman–Crippen LogP) is 2.77. The summed E-state index contributed by atoms with van der Waals surface area (Å²) in [4.78, 5) is 0. The number of hydrogen-bond donors (Lipinski definition) is 1. The van der Waals surface area contributed by atoms with Gasteiger partial charge in [0.25, 0.3) is 0 Å². The van der Waals surface area contributed by atoms with E-state index in [0.29, 0.717) is 5.25 Å². The Morgan fingerprint density at radius 2 is 1.84 bits per heavy atom. The van der Waals surface area contributed by atoms with Crippen LogP contribution in [0.1, 0.15) is 44.2 Å². The fraction of sp³-hybridized carbons (Fsp3) is 0.600. The van der Waals surface area contributed by atoms with Crippen LogP contribution >= 0.6 is 0 Å². The molecule has 0 amide bonds. The van der Waals surface area contributed by atoms with Crippen molar-refractivity contribution in [1.82, 2.24) is 0 Å². The second-order valence-corrected chi connectivity index (χ2v) is 7.31. The molecule has 2 N–H and O–H groups in total. The highest BCUT2D eigenvalue weighted by molar-refractivity contribution is 7.86. The van der Waals surface area contributed by atoms with Crippen molar-refractivity contribution in [2.24, 2.45) is 5.73 Å². The SMILES string of the molecule is COc1ccc(C(N)C(C)S(=O)C2CCCC2)cc1. The predicted molar refractivity (Wildman–Crippen MR) is 79.8 cm³/mol. The lowest BCUT2D eigenvalue weighted by Gasteiger charge is -2.23. The van der Waals surface area contributed by atoms with Crippen molar-refractivity contribution in [3.8, 4) is 5.75 Å². The summed E-state index contributed by atoms with van der Waals surface area (Å²) in [5, 5.41) is 0.343. The van der Waals surface area contributed by atoms with Gasteiger partial charge in [0.05, 0.1) is 12.4 Å². The third-order valence-electron chi connectivity index (χ3n) is 4.00. The first kappa shape index (κ1) is 14.5. The molecule has 3 unspecified atom stereocenters. The molecule has 1 aliphatic carbocycles. The first-order valence-corrected chi connectivity index (χ1v) is 8.20. The maximum Gasteiger partial charge on any atom is 0.118 e. The highest BCUT2D eigenvalue weighted by atomic mass is 32.2. The summed E-state index contributed by atoms with van der Waals surface area (Å²) in [5.41, 5.74) is 7.29. The molecule has 3 atom stereocenters. The number of benzene rings is 1. The van der Waals surface area contributed by atoms with Gasteiger partial charge in [-0.15, -0.1) is 0 Å². The van der Waals surface area contributed by atoms with Crippen LogP contribution in [0, 0.1) is 0 Å². The van der Waals surface area contributed by atoms with E-state index in [9.17, 15) is 4.21 Å². The first-order valence-electron chi connectivity index (χ1n) is 6.92. The van der Waals surface area contributed by atoms with Gasteiger partial charge in [-0.25, -0.2) is 0 Å². The molecule has 106 valence electrons. The number of methoxy groups -OCH3 is 1. The minimum absolute atomic E-state index is 0.00325. The molecule has 1 fully saturated rings. The average molecular weight is 281 g/mol. The van der Waals surface area contributed by atoms with Gasteiger partial charge in [0, 0.05) is 22.1 Å². The molecular formula is C15H23NO2S. The van der Waals surface area contributed by atoms with Gasteiger partial charge < -0.3 is 10.5 Å². The van der Waals surface area contributed by atoms with E-state index in [2.05, 4.69) is 0 Å². The lowest BCUT2D eigenvalue weighted by atomic mass is 10.1. The van der Waals surface area contributed by atoms with E-state index in [1.54, 1.807) is 7.11 Å². The van der Waals surface area contributed by atoms with Crippen LogP contribution in [-0.2, 0) is 10.8 Å². The second-order valence-electron chi connectivity index (χ2n) is 5.24. The Morgan fingerprint density at radius 3 is 2.37 bits per heavy atom. The van der Waals surface area contributed by atoms with Gasteiger partial charge >= 0.3 is 0 Å². The largest absolute Gasteiger partial charge is 0.497 e. The molecule has 0 saturated heterocycles. The molecule has 0 aliphatic heterocycles. The molecule has 2 rings (SSSR count). The number of nitrogens with two attached hydrogens (primary N) is 1. The van der Waals surface area contributed by atoms with Gasteiger partial charge in [-0.3, -0.25) is 4.21 Å². The van der Waals surface area contributed by atoms with Crippen LogP contribution in [0.4, 0.5) is 0 Å². The van der Waals surface area contributed by atoms with Gasteiger partial charge in [0.1, 0.15) is 5.75 Å². The highest BCUT2D eigenvalue weighted by Crippen LogP contribution is 2.29. The summed E-state index contributed by atoms with van der Waals surface area (Å²) < 4.78 is 17.6. The molecule has 4 heteroatoms. The van der Waals surface area contributed by atoms with Crippen LogP contribution in [0.15, 0.2) is 24.3 Å². The number of ether oxygens (including phenoxy) is 1. The molecule has 1 saturated carbocycles. The smallest absolute Gasteiger partial charge is 0.118 e. The van der Waals surface area contributed by atoms with Crippen molar-refractivity contribution in [3.63, 3.8) is 0 Å². The summed E-state index contributed by atoms with van der Waals surface area (Å²) >= 11 is 0. The van der Waals surface area contributed by atoms with Crippen LogP contribution in [-0.4, -0.2) is 21.8 Å². The van der Waals surface area contributed by atoms with Crippen molar-refractivity contribution in [2.75, 3.05) is 7.11 Å². The Labute approximate surface area is 118 Å². The third kappa shape index (κ3) is 3.37. The topological polar surface area (TPSA) is 52.3 Å². The molecule has 0 aromatic heterocycles. The third-order valence-corrected chi connectivity index (χ3v) is 6.16. The molecule has 19 heavy (non-hydrogen) atoms. The van der Waals surface area contributed by atoms with Gasteiger partial charge in [0.2, 0.25) is 0 Å². The standard InChI is InChI=1S/C15H23NO2S/c1-11(19(17)14-5-3-4-6-14)15(16)12-7-9-13(18-2)10-8-12/h7-11,14-15H,3-6,16H2,1-2H3. The van der Waals surface area contributed by atoms with E-state index >= 15 is 0 Å². The van der Waals surface area contributed by atoms with E-state index in [-0.39, 0.29) is 11.3 Å². The summed E-state index contributed by atoms with van der Waals surface area (Å²) in [6.07, 6.45) is 4.60. The first-order chi connectivity index (χ1) is 9.13. The molecule has 3 nitrogen and oxygen atoms in total. The number of rotatable bonds is 5. The minimum Gasteiger partial charge on any atom is -0.497 e. The second kappa shape index (κ2) is 6.53. The summed E-state index contributed by atoms with van der Waals surface area (Å²) in [7, 11) is 0.811. The zero-order valence-electron chi connectivity index (χ0n) is 11.7. The Morgan fingerprint density at radius 1 is 1.26 bits per heavy atom. The van der Waals surface area contributed by atoms with Crippen LogP contribution < -0.4 is 10.5 Å². The minimum atomic E-state index is -0.834. The highest BCUT2D eigenvalue weighted by Gasteiger charge is 2.29. The Kier molecular flexibility index (Phi) is 4.99. The van der Waals surface area contributed by atoms with Gasteiger partial charge in [-0.1, -0.05) is 25.0 Å². The summed E-state index contributed by atoms with van der Waals surface area (Å²) in [5.74, 6) is 0.820. The van der Waals surface area contributed by atoms with E-state index in [1.165, 1.54) is 12.8 Å². The molecule has 0 radical (unpaired) electrons. The monoisotopic (exact) mass is 281 g/mol. The van der Waals surface area contributed by atoms with Crippen molar-refractivity contribution >= 4 is 10.8 Å². The van der Waals surface area contributed by atoms with E-state index in [1.807, 2.05) is 31.2 Å². The molecule has 1 aromatic carbocycles. The average Bonchev–Trinajstić information content (AvgIpc) is 2.99. The van der Waals surface area contributed by atoms with Crippen LogP contribution in [0.25, 0.3) is 0 Å². The van der Waals surface area contributed by atoms with Crippen molar-refractivity contribution in [2.45, 2.75) is 49.1 Å². The number of hydrogen-bond acceptors (Lipinski definition) is 3. The van der Waals surface area contributed by atoms with E-state index < -0.39 is 10.8 Å². The Hall–Kier alpha value is -0.870. The van der Waals surface area contributed by atoms with Gasteiger partial charge in [-0.2, -0.15) is 0 Å². The fourth-order valence-corrected chi connectivity index (χ4v) is 4.52. The lowest BCUT2D eigenvalue weighted by Crippen LogP contribution is -2.32. The Balaban J connectivity index is 2.04. The maximum absolute atomic E-state index is 12.5. The van der Waals surface area contributed by atoms with E-state index in [4.69, 9.17) is 10.5 Å². The molecular weight excluding hydrogens is 258 g/mol. The zero-order valence-corrected chi connectivity index (χ0v) is 12.5. The van der Waals surface area contributed by atoms with Crippen molar-refractivity contribution < 1.29 is 8.95 Å². The van der Waals surface area contributed by atoms with Crippen molar-refractivity contribution in [3.05, 3.63) is 29.8 Å². The molecule has 1 aromatic rings. The van der Waals surface area contributed by atoms with Crippen molar-refractivity contribution in [1.29, 1.82) is 0 Å². The molecule has 1 aliphatic rings. The fourth-order valence-electron chi connectivity index (χ4n) is 2.67. The zero-order chi connectivity index (χ0) is 13.8. The summed E-state index contributed by atoms with van der Waals surface area (Å²) in [6, 6.07) is 7.56.